The van der Waals surface area contributed by atoms with Gasteiger partial charge in [-0.05, 0) is 25.2 Å². The molecule has 1 amide bonds. The Labute approximate surface area is 122 Å². The quantitative estimate of drug-likeness (QED) is 0.725. The van der Waals surface area contributed by atoms with E-state index in [1.165, 1.54) is 0 Å². The summed E-state index contributed by atoms with van der Waals surface area (Å²) < 4.78 is 0. The molecule has 0 aliphatic heterocycles. The molecule has 8 heteroatoms. The summed E-state index contributed by atoms with van der Waals surface area (Å²) in [5.74, 6) is -0.578. The normalized spacial score (nSPS) is 18.9. The van der Waals surface area contributed by atoms with Gasteiger partial charge < -0.3 is 10.4 Å². The Balaban J connectivity index is 1.96. The van der Waals surface area contributed by atoms with Crippen molar-refractivity contribution in [3.8, 4) is 0 Å². The van der Waals surface area contributed by atoms with Crippen LogP contribution in [0.3, 0.4) is 0 Å². The number of H-pyrrole nitrogens is 1. The first-order chi connectivity index (χ1) is 10.0. The zero-order valence-electron chi connectivity index (χ0n) is 12.1. The molecule has 21 heavy (non-hydrogen) atoms. The Bertz CT molecular complexity index is 482. The van der Waals surface area contributed by atoms with Gasteiger partial charge in [-0.1, -0.05) is 24.5 Å². The van der Waals surface area contributed by atoms with Crippen molar-refractivity contribution >= 4 is 11.9 Å². The second kappa shape index (κ2) is 6.64. The number of nitrogens with zero attached hydrogens (tertiary/aromatic N) is 3. The van der Waals surface area contributed by atoms with Crippen molar-refractivity contribution in [3.05, 3.63) is 5.82 Å². The Morgan fingerprint density at radius 3 is 2.62 bits per heavy atom. The lowest BCUT2D eigenvalue weighted by Crippen LogP contribution is -2.36. The second-order valence-electron chi connectivity index (χ2n) is 5.87. The Morgan fingerprint density at radius 1 is 1.33 bits per heavy atom. The van der Waals surface area contributed by atoms with Gasteiger partial charge in [-0.2, -0.15) is 5.21 Å². The van der Waals surface area contributed by atoms with Crippen LogP contribution in [0.1, 0.15) is 63.7 Å². The summed E-state index contributed by atoms with van der Waals surface area (Å²) >= 11 is 0. The molecule has 0 radical (unpaired) electrons. The fourth-order valence-corrected chi connectivity index (χ4v) is 3.09. The van der Waals surface area contributed by atoms with Gasteiger partial charge in [0.05, 0.1) is 12.5 Å². The number of aromatic nitrogens is 4. The SMILES string of the molecule is CC(NC(=O)CC1(CC(=O)O)CCCCC1)c1nn[nH]n1. The van der Waals surface area contributed by atoms with Gasteiger partial charge in [0.25, 0.3) is 0 Å². The summed E-state index contributed by atoms with van der Waals surface area (Å²) in [7, 11) is 0. The smallest absolute Gasteiger partial charge is 0.303 e. The first kappa shape index (κ1) is 15.4. The van der Waals surface area contributed by atoms with Gasteiger partial charge in [0, 0.05) is 6.42 Å². The molecule has 1 aliphatic rings. The van der Waals surface area contributed by atoms with Crippen molar-refractivity contribution in [2.45, 2.75) is 57.9 Å². The van der Waals surface area contributed by atoms with Crippen LogP contribution in [0.25, 0.3) is 0 Å². The standard InChI is InChI=1S/C13H21N5O3/c1-9(12-15-17-18-16-12)14-10(19)7-13(8-11(20)21)5-3-2-4-6-13/h9H,2-8H2,1H3,(H,14,19)(H,20,21)(H,15,16,17,18). The topological polar surface area (TPSA) is 121 Å². The van der Waals surface area contributed by atoms with E-state index in [1.54, 1.807) is 6.92 Å². The predicted molar refractivity (Wildman–Crippen MR) is 73.1 cm³/mol. The molecular formula is C13H21N5O3. The number of carboxylic acid groups (broad SMARTS) is 1. The minimum atomic E-state index is -0.837. The van der Waals surface area contributed by atoms with E-state index in [1.807, 2.05) is 0 Å². The van der Waals surface area contributed by atoms with Crippen molar-refractivity contribution in [2.24, 2.45) is 5.41 Å². The Morgan fingerprint density at radius 2 is 2.05 bits per heavy atom. The fourth-order valence-electron chi connectivity index (χ4n) is 3.09. The molecule has 1 heterocycles. The lowest BCUT2D eigenvalue weighted by Gasteiger charge is -2.35. The number of carbonyl (C=O) groups is 2. The van der Waals surface area contributed by atoms with Gasteiger partial charge in [0.15, 0.2) is 5.82 Å². The number of amides is 1. The molecule has 1 atom stereocenters. The van der Waals surface area contributed by atoms with Crippen LogP contribution in [0.2, 0.25) is 0 Å². The van der Waals surface area contributed by atoms with Crippen LogP contribution in [0.15, 0.2) is 0 Å². The molecule has 116 valence electrons. The number of hydrogen-bond acceptors (Lipinski definition) is 5. The number of aliphatic carboxylic acids is 1. The van der Waals surface area contributed by atoms with Crippen LogP contribution in [0, 0.1) is 5.41 Å². The van der Waals surface area contributed by atoms with E-state index in [-0.39, 0.29) is 24.8 Å². The molecule has 1 unspecified atom stereocenters. The maximum Gasteiger partial charge on any atom is 0.303 e. The highest BCUT2D eigenvalue weighted by molar-refractivity contribution is 5.78. The third-order valence-electron chi connectivity index (χ3n) is 4.10. The molecule has 1 fully saturated rings. The van der Waals surface area contributed by atoms with Gasteiger partial charge in [0.1, 0.15) is 0 Å². The third kappa shape index (κ3) is 4.24. The lowest BCUT2D eigenvalue weighted by atomic mass is 9.69. The van der Waals surface area contributed by atoms with E-state index in [9.17, 15) is 9.59 Å². The molecular weight excluding hydrogens is 274 g/mol. The number of hydrogen-bond donors (Lipinski definition) is 3. The van der Waals surface area contributed by atoms with E-state index >= 15 is 0 Å². The summed E-state index contributed by atoms with van der Waals surface area (Å²) in [5.41, 5.74) is -0.412. The van der Waals surface area contributed by atoms with Gasteiger partial charge in [-0.15, -0.1) is 10.2 Å². The minimum absolute atomic E-state index is 0.0526. The first-order valence-electron chi connectivity index (χ1n) is 7.25. The summed E-state index contributed by atoms with van der Waals surface area (Å²) in [6.07, 6.45) is 4.97. The molecule has 1 aromatic rings. The van der Waals surface area contributed by atoms with E-state index < -0.39 is 11.4 Å². The van der Waals surface area contributed by atoms with Gasteiger partial charge in [-0.25, -0.2) is 0 Å². The van der Waals surface area contributed by atoms with Crippen molar-refractivity contribution in [1.82, 2.24) is 25.9 Å². The average molecular weight is 295 g/mol. The number of carboxylic acids is 1. The Kier molecular flexibility index (Phi) is 4.87. The number of nitrogens with one attached hydrogen (secondary N) is 2. The van der Waals surface area contributed by atoms with Crippen molar-refractivity contribution < 1.29 is 14.7 Å². The molecule has 3 N–H and O–H groups in total. The highest BCUT2D eigenvalue weighted by Crippen LogP contribution is 2.42. The van der Waals surface area contributed by atoms with Crippen molar-refractivity contribution in [2.75, 3.05) is 0 Å². The number of aromatic amines is 1. The molecule has 2 rings (SSSR count). The van der Waals surface area contributed by atoms with Crippen LogP contribution in [0.5, 0.6) is 0 Å². The van der Waals surface area contributed by atoms with E-state index in [0.29, 0.717) is 5.82 Å². The summed E-state index contributed by atoms with van der Waals surface area (Å²) in [4.78, 5) is 23.3. The van der Waals surface area contributed by atoms with E-state index in [0.717, 1.165) is 32.1 Å². The van der Waals surface area contributed by atoms with Crippen LogP contribution >= 0.6 is 0 Å². The molecule has 8 nitrogen and oxygen atoms in total. The highest BCUT2D eigenvalue weighted by atomic mass is 16.4. The van der Waals surface area contributed by atoms with Crippen LogP contribution < -0.4 is 5.32 Å². The lowest BCUT2D eigenvalue weighted by molar-refractivity contribution is -0.141. The third-order valence-corrected chi connectivity index (χ3v) is 4.10. The zero-order valence-corrected chi connectivity index (χ0v) is 12.1. The number of rotatable bonds is 6. The van der Waals surface area contributed by atoms with Gasteiger partial charge >= 0.3 is 5.97 Å². The highest BCUT2D eigenvalue weighted by Gasteiger charge is 2.36. The number of tetrazole rings is 1. The molecule has 0 saturated heterocycles. The Hall–Kier alpha value is -1.99. The fraction of sp³-hybridized carbons (Fsp3) is 0.769. The largest absolute Gasteiger partial charge is 0.481 e. The maximum atomic E-state index is 12.2. The average Bonchev–Trinajstić information content (AvgIpc) is 2.92. The van der Waals surface area contributed by atoms with E-state index in [4.69, 9.17) is 5.11 Å². The molecule has 1 aromatic heterocycles. The van der Waals surface area contributed by atoms with Crippen molar-refractivity contribution in [1.29, 1.82) is 0 Å². The first-order valence-corrected chi connectivity index (χ1v) is 7.25. The summed E-state index contributed by atoms with van der Waals surface area (Å²) in [6, 6.07) is -0.346. The summed E-state index contributed by atoms with van der Waals surface area (Å²) in [5, 5.41) is 25.4. The monoisotopic (exact) mass is 295 g/mol. The van der Waals surface area contributed by atoms with Crippen LogP contribution in [-0.4, -0.2) is 37.6 Å². The van der Waals surface area contributed by atoms with Crippen LogP contribution in [0.4, 0.5) is 0 Å². The molecule has 0 aromatic carbocycles. The van der Waals surface area contributed by atoms with E-state index in [2.05, 4.69) is 25.9 Å². The van der Waals surface area contributed by atoms with Crippen LogP contribution in [-0.2, 0) is 9.59 Å². The molecule has 0 bridgehead atoms. The summed E-state index contributed by atoms with van der Waals surface area (Å²) in [6.45, 7) is 1.77. The maximum absolute atomic E-state index is 12.2. The predicted octanol–water partition coefficient (Wildman–Crippen LogP) is 1.19. The zero-order chi connectivity index (χ0) is 15.3. The molecule has 0 spiro atoms. The second-order valence-corrected chi connectivity index (χ2v) is 5.87. The van der Waals surface area contributed by atoms with Gasteiger partial charge in [0.2, 0.25) is 5.91 Å². The minimum Gasteiger partial charge on any atom is -0.481 e. The molecule has 1 aliphatic carbocycles. The van der Waals surface area contributed by atoms with Gasteiger partial charge in [-0.3, -0.25) is 9.59 Å². The van der Waals surface area contributed by atoms with Crippen molar-refractivity contribution in [3.63, 3.8) is 0 Å². The number of carbonyl (C=O) groups excluding carboxylic acids is 1. The molecule has 1 saturated carbocycles.